The smallest absolute Gasteiger partial charge is 0.338 e. The summed E-state index contributed by atoms with van der Waals surface area (Å²) in [7, 11) is 0. The quantitative estimate of drug-likeness (QED) is 0.491. The molecule has 2 aromatic heterocycles. The van der Waals surface area contributed by atoms with Gasteiger partial charge in [-0.05, 0) is 43.3 Å². The molecular weight excluding hydrogens is 384 g/mol. The fraction of sp³-hybridized carbons (Fsp3) is 0.182. The standard InChI is InChI=1S/C22H20N4O4/c1-3-29-22(28)15-8-10-17(11-9-15)23-20(27)13-26-18-7-5-4-6-16(18)12-19(26)21-25-24-14(2)30-21/h4-12H,3,13H2,1-2H3,(H,23,27). The third kappa shape index (κ3) is 3.93. The number of ether oxygens (including phenoxy) is 1. The molecule has 0 bridgehead atoms. The van der Waals surface area contributed by atoms with Gasteiger partial charge in [0, 0.05) is 23.5 Å². The molecule has 0 spiro atoms. The summed E-state index contributed by atoms with van der Waals surface area (Å²) in [6.07, 6.45) is 0. The maximum absolute atomic E-state index is 12.7. The van der Waals surface area contributed by atoms with E-state index in [1.165, 1.54) is 0 Å². The first-order valence-electron chi connectivity index (χ1n) is 9.51. The molecule has 0 aliphatic rings. The van der Waals surface area contributed by atoms with Gasteiger partial charge in [-0.2, -0.15) is 0 Å². The Balaban J connectivity index is 1.57. The van der Waals surface area contributed by atoms with Crippen molar-refractivity contribution >= 4 is 28.5 Å². The Hall–Kier alpha value is -3.94. The van der Waals surface area contributed by atoms with Gasteiger partial charge in [0.2, 0.25) is 11.8 Å². The van der Waals surface area contributed by atoms with Crippen LogP contribution in [0.5, 0.6) is 0 Å². The highest BCUT2D eigenvalue weighted by Gasteiger charge is 2.17. The average molecular weight is 404 g/mol. The molecule has 0 aliphatic heterocycles. The minimum Gasteiger partial charge on any atom is -0.462 e. The monoisotopic (exact) mass is 404 g/mol. The number of para-hydroxylation sites is 1. The van der Waals surface area contributed by atoms with Crippen molar-refractivity contribution < 1.29 is 18.7 Å². The number of hydrogen-bond donors (Lipinski definition) is 1. The fourth-order valence-electron chi connectivity index (χ4n) is 3.21. The van der Waals surface area contributed by atoms with Crippen molar-refractivity contribution in [2.75, 3.05) is 11.9 Å². The van der Waals surface area contributed by atoms with Gasteiger partial charge in [-0.3, -0.25) is 4.79 Å². The summed E-state index contributed by atoms with van der Waals surface area (Å²) in [6.45, 7) is 3.84. The van der Waals surface area contributed by atoms with Gasteiger partial charge >= 0.3 is 5.97 Å². The molecule has 1 amide bonds. The molecule has 0 radical (unpaired) electrons. The maximum atomic E-state index is 12.7. The molecule has 4 aromatic rings. The number of esters is 1. The van der Waals surface area contributed by atoms with Crippen LogP contribution in [0.1, 0.15) is 23.2 Å². The molecule has 0 atom stereocenters. The van der Waals surface area contributed by atoms with Crippen LogP contribution in [0.2, 0.25) is 0 Å². The average Bonchev–Trinajstić information content (AvgIpc) is 3.32. The zero-order valence-corrected chi connectivity index (χ0v) is 16.6. The van der Waals surface area contributed by atoms with Gasteiger partial charge in [0.25, 0.3) is 5.89 Å². The SMILES string of the molecule is CCOC(=O)c1ccc(NC(=O)Cn2c(-c3nnc(C)o3)cc3ccccc32)cc1. The number of hydrogen-bond acceptors (Lipinski definition) is 6. The Bertz CT molecular complexity index is 1210. The van der Waals surface area contributed by atoms with E-state index in [1.54, 1.807) is 38.1 Å². The van der Waals surface area contributed by atoms with E-state index in [0.717, 1.165) is 10.9 Å². The second kappa shape index (κ2) is 8.20. The van der Waals surface area contributed by atoms with Crippen LogP contribution < -0.4 is 5.32 Å². The Morgan fingerprint density at radius 1 is 1.10 bits per heavy atom. The van der Waals surface area contributed by atoms with Crippen molar-refractivity contribution in [3.05, 3.63) is 66.1 Å². The van der Waals surface area contributed by atoms with Gasteiger partial charge in [0.05, 0.1) is 12.2 Å². The molecule has 0 fully saturated rings. The van der Waals surface area contributed by atoms with E-state index in [-0.39, 0.29) is 12.5 Å². The van der Waals surface area contributed by atoms with Gasteiger partial charge in [-0.25, -0.2) is 4.79 Å². The van der Waals surface area contributed by atoms with Crippen LogP contribution in [0, 0.1) is 6.92 Å². The molecule has 4 rings (SSSR count). The summed E-state index contributed by atoms with van der Waals surface area (Å²) in [6, 6.07) is 16.2. The van der Waals surface area contributed by atoms with E-state index in [9.17, 15) is 9.59 Å². The number of amides is 1. The van der Waals surface area contributed by atoms with Crippen LogP contribution in [0.15, 0.2) is 59.0 Å². The highest BCUT2D eigenvalue weighted by molar-refractivity contribution is 5.95. The second-order valence-corrected chi connectivity index (χ2v) is 6.65. The van der Waals surface area contributed by atoms with E-state index in [0.29, 0.717) is 35.3 Å². The number of nitrogens with one attached hydrogen (secondary N) is 1. The molecule has 152 valence electrons. The number of nitrogens with zero attached hydrogens (tertiary/aromatic N) is 3. The molecule has 0 saturated carbocycles. The van der Waals surface area contributed by atoms with E-state index in [1.807, 2.05) is 34.9 Å². The van der Waals surface area contributed by atoms with Gasteiger partial charge < -0.3 is 19.0 Å². The lowest BCUT2D eigenvalue weighted by Crippen LogP contribution is -2.19. The topological polar surface area (TPSA) is 99.2 Å². The number of carbonyl (C=O) groups excluding carboxylic acids is 2. The van der Waals surface area contributed by atoms with Crippen molar-refractivity contribution in [3.8, 4) is 11.6 Å². The summed E-state index contributed by atoms with van der Waals surface area (Å²) in [5.41, 5.74) is 2.57. The summed E-state index contributed by atoms with van der Waals surface area (Å²) in [5.74, 6) is 0.189. The number of benzene rings is 2. The van der Waals surface area contributed by atoms with E-state index >= 15 is 0 Å². The van der Waals surface area contributed by atoms with Crippen LogP contribution in [0.3, 0.4) is 0 Å². The third-order valence-electron chi connectivity index (χ3n) is 4.54. The molecule has 2 heterocycles. The molecule has 8 heteroatoms. The summed E-state index contributed by atoms with van der Waals surface area (Å²) < 4.78 is 12.4. The predicted molar refractivity (Wildman–Crippen MR) is 111 cm³/mol. The Kier molecular flexibility index (Phi) is 5.30. The molecule has 8 nitrogen and oxygen atoms in total. The molecule has 0 unspecified atom stereocenters. The van der Waals surface area contributed by atoms with Crippen LogP contribution in [-0.4, -0.2) is 33.2 Å². The van der Waals surface area contributed by atoms with E-state index < -0.39 is 5.97 Å². The minimum absolute atomic E-state index is 0.0594. The highest BCUT2D eigenvalue weighted by atomic mass is 16.5. The number of aryl methyl sites for hydroxylation is 1. The van der Waals surface area contributed by atoms with Gasteiger partial charge in [-0.15, -0.1) is 10.2 Å². The van der Waals surface area contributed by atoms with Gasteiger partial charge in [0.1, 0.15) is 12.2 Å². The summed E-state index contributed by atoms with van der Waals surface area (Å²) in [5, 5.41) is 11.8. The lowest BCUT2D eigenvalue weighted by Gasteiger charge is -2.10. The summed E-state index contributed by atoms with van der Waals surface area (Å²) in [4.78, 5) is 24.5. The molecular formula is C22H20N4O4. The van der Waals surface area contributed by atoms with Crippen molar-refractivity contribution in [1.82, 2.24) is 14.8 Å². The van der Waals surface area contributed by atoms with Crippen LogP contribution in [0.25, 0.3) is 22.5 Å². The van der Waals surface area contributed by atoms with Crippen LogP contribution in [0.4, 0.5) is 5.69 Å². The van der Waals surface area contributed by atoms with Gasteiger partial charge in [0.15, 0.2) is 0 Å². The first kappa shape index (κ1) is 19.4. The van der Waals surface area contributed by atoms with Crippen LogP contribution in [-0.2, 0) is 16.1 Å². The third-order valence-corrected chi connectivity index (χ3v) is 4.54. The Morgan fingerprint density at radius 2 is 1.87 bits per heavy atom. The van der Waals surface area contributed by atoms with Crippen molar-refractivity contribution in [2.24, 2.45) is 0 Å². The highest BCUT2D eigenvalue weighted by Crippen LogP contribution is 2.27. The second-order valence-electron chi connectivity index (χ2n) is 6.65. The number of anilines is 1. The van der Waals surface area contributed by atoms with Crippen LogP contribution >= 0.6 is 0 Å². The van der Waals surface area contributed by atoms with E-state index in [2.05, 4.69) is 15.5 Å². The van der Waals surface area contributed by atoms with E-state index in [4.69, 9.17) is 9.15 Å². The lowest BCUT2D eigenvalue weighted by molar-refractivity contribution is -0.116. The summed E-state index contributed by atoms with van der Waals surface area (Å²) >= 11 is 0. The molecule has 30 heavy (non-hydrogen) atoms. The Labute approximate surface area is 172 Å². The number of carbonyl (C=O) groups is 2. The van der Waals surface area contributed by atoms with Crippen molar-refractivity contribution in [2.45, 2.75) is 20.4 Å². The predicted octanol–water partition coefficient (Wildman–Crippen LogP) is 3.82. The maximum Gasteiger partial charge on any atom is 0.338 e. The lowest BCUT2D eigenvalue weighted by atomic mass is 10.2. The number of fused-ring (bicyclic) bond motifs is 1. The van der Waals surface area contributed by atoms with Crippen molar-refractivity contribution in [3.63, 3.8) is 0 Å². The Morgan fingerprint density at radius 3 is 2.57 bits per heavy atom. The largest absolute Gasteiger partial charge is 0.462 e. The van der Waals surface area contributed by atoms with Gasteiger partial charge in [-0.1, -0.05) is 18.2 Å². The normalized spacial score (nSPS) is 10.9. The molecule has 2 aromatic carbocycles. The first-order chi connectivity index (χ1) is 14.5. The molecule has 1 N–H and O–H groups in total. The molecule has 0 saturated heterocycles. The minimum atomic E-state index is -0.395. The molecule has 0 aliphatic carbocycles. The fourth-order valence-corrected chi connectivity index (χ4v) is 3.21. The number of rotatable bonds is 6. The zero-order valence-electron chi connectivity index (χ0n) is 16.6. The number of aromatic nitrogens is 3. The zero-order chi connectivity index (χ0) is 21.1. The van der Waals surface area contributed by atoms with Crippen molar-refractivity contribution in [1.29, 1.82) is 0 Å². The first-order valence-corrected chi connectivity index (χ1v) is 9.51.